The Morgan fingerprint density at radius 2 is 1.68 bits per heavy atom. The van der Waals surface area contributed by atoms with Gasteiger partial charge in [-0.05, 0) is 73.1 Å². The van der Waals surface area contributed by atoms with Crippen LogP contribution >= 0.6 is 0 Å². The molecule has 2 aromatic carbocycles. The maximum atomic E-state index is 13.2. The number of hydrogen-bond donors (Lipinski definition) is 1. The lowest BCUT2D eigenvalue weighted by Gasteiger charge is -2.23. The second-order valence-corrected chi connectivity index (χ2v) is 9.21. The molecule has 0 bridgehead atoms. The van der Waals surface area contributed by atoms with Gasteiger partial charge in [-0.25, -0.2) is 0 Å². The van der Waals surface area contributed by atoms with Crippen molar-refractivity contribution in [2.45, 2.75) is 64.1 Å². The number of aromatic nitrogens is 1. The van der Waals surface area contributed by atoms with Crippen molar-refractivity contribution in [2.75, 3.05) is 0 Å². The topological polar surface area (TPSA) is 42.0 Å². The van der Waals surface area contributed by atoms with Crippen LogP contribution in [0.5, 0.6) is 0 Å². The normalized spacial score (nSPS) is 15.7. The number of aryl methyl sites for hydroxylation is 1. The van der Waals surface area contributed by atoms with Gasteiger partial charge in [0.05, 0.1) is 6.04 Å². The number of benzene rings is 2. The minimum atomic E-state index is -4.49. The highest BCUT2D eigenvalue weighted by molar-refractivity contribution is 5.96. The third-order valence-electron chi connectivity index (χ3n) is 6.60. The zero-order chi connectivity index (χ0) is 24.3. The van der Waals surface area contributed by atoms with Crippen molar-refractivity contribution in [3.8, 4) is 11.1 Å². The lowest BCUT2D eigenvalue weighted by atomic mass is 9.82. The van der Waals surface area contributed by atoms with Gasteiger partial charge >= 0.3 is 6.18 Å². The number of halogens is 3. The molecule has 1 amide bonds. The SMILES string of the molecule is Cc1ccc(-c2cc(C(=O)N[C@H](C)c3ccc(C(F)(F)F)nc3)cc(C3CCCCC3)c2)cc1. The molecule has 1 N–H and O–H groups in total. The Morgan fingerprint density at radius 1 is 0.971 bits per heavy atom. The molecular formula is C28H29F3N2O. The molecule has 1 atom stereocenters. The van der Waals surface area contributed by atoms with Crippen LogP contribution in [0.25, 0.3) is 11.1 Å². The monoisotopic (exact) mass is 466 g/mol. The number of carbonyl (C=O) groups is 1. The van der Waals surface area contributed by atoms with E-state index in [0.717, 1.165) is 30.0 Å². The van der Waals surface area contributed by atoms with E-state index < -0.39 is 17.9 Å². The number of carbonyl (C=O) groups excluding carboxylic acids is 1. The second kappa shape index (κ2) is 10.00. The number of nitrogens with one attached hydrogen (secondary N) is 1. The second-order valence-electron chi connectivity index (χ2n) is 9.21. The number of hydrogen-bond acceptors (Lipinski definition) is 2. The highest BCUT2D eigenvalue weighted by atomic mass is 19.4. The third-order valence-corrected chi connectivity index (χ3v) is 6.60. The Morgan fingerprint density at radius 3 is 2.29 bits per heavy atom. The molecule has 1 fully saturated rings. The van der Waals surface area contributed by atoms with Gasteiger partial charge in [0, 0.05) is 11.8 Å². The summed E-state index contributed by atoms with van der Waals surface area (Å²) in [5.41, 5.74) is 4.52. The van der Waals surface area contributed by atoms with Gasteiger partial charge in [0.1, 0.15) is 5.69 Å². The Bertz CT molecular complexity index is 1130. The van der Waals surface area contributed by atoms with Crippen molar-refractivity contribution in [2.24, 2.45) is 0 Å². The summed E-state index contributed by atoms with van der Waals surface area (Å²) in [6, 6.07) is 16.1. The molecule has 1 heterocycles. The maximum absolute atomic E-state index is 13.2. The minimum Gasteiger partial charge on any atom is -0.345 e. The number of alkyl halides is 3. The van der Waals surface area contributed by atoms with Crippen LogP contribution in [-0.4, -0.2) is 10.9 Å². The number of nitrogens with zero attached hydrogens (tertiary/aromatic N) is 1. The smallest absolute Gasteiger partial charge is 0.345 e. The van der Waals surface area contributed by atoms with E-state index in [1.165, 1.54) is 42.7 Å². The van der Waals surface area contributed by atoms with Gasteiger partial charge in [-0.2, -0.15) is 13.2 Å². The Hall–Kier alpha value is -3.15. The summed E-state index contributed by atoms with van der Waals surface area (Å²) in [6.45, 7) is 3.78. The van der Waals surface area contributed by atoms with E-state index in [4.69, 9.17) is 0 Å². The van der Waals surface area contributed by atoms with Crippen molar-refractivity contribution in [1.29, 1.82) is 0 Å². The van der Waals surface area contributed by atoms with Gasteiger partial charge in [-0.1, -0.05) is 61.2 Å². The highest BCUT2D eigenvalue weighted by Crippen LogP contribution is 2.35. The van der Waals surface area contributed by atoms with Gasteiger partial charge in [0.15, 0.2) is 0 Å². The molecule has 0 saturated heterocycles. The zero-order valence-corrected chi connectivity index (χ0v) is 19.5. The van der Waals surface area contributed by atoms with Crippen LogP contribution in [-0.2, 0) is 6.18 Å². The molecule has 6 heteroatoms. The predicted molar refractivity (Wildman–Crippen MR) is 128 cm³/mol. The van der Waals surface area contributed by atoms with Crippen molar-refractivity contribution in [1.82, 2.24) is 10.3 Å². The van der Waals surface area contributed by atoms with E-state index in [0.29, 0.717) is 17.0 Å². The number of amides is 1. The fourth-order valence-corrected chi connectivity index (χ4v) is 4.56. The molecule has 34 heavy (non-hydrogen) atoms. The fourth-order valence-electron chi connectivity index (χ4n) is 4.56. The molecule has 1 aliphatic rings. The number of rotatable bonds is 5. The molecule has 1 saturated carbocycles. The average molecular weight is 467 g/mol. The van der Waals surface area contributed by atoms with E-state index in [1.807, 2.05) is 19.1 Å². The van der Waals surface area contributed by atoms with Gasteiger partial charge in [0.25, 0.3) is 5.91 Å². The number of pyridine rings is 1. The lowest BCUT2D eigenvalue weighted by Crippen LogP contribution is -2.27. The van der Waals surface area contributed by atoms with E-state index in [9.17, 15) is 18.0 Å². The molecule has 178 valence electrons. The Balaban J connectivity index is 1.60. The molecule has 1 aromatic heterocycles. The van der Waals surface area contributed by atoms with Crippen LogP contribution in [0.1, 0.15) is 83.7 Å². The molecule has 0 unspecified atom stereocenters. The molecule has 0 aliphatic heterocycles. The standard InChI is InChI=1S/C28H29F3N2O/c1-18-8-10-21(11-9-18)24-14-23(20-6-4-3-5-7-20)15-25(16-24)27(34)33-19(2)22-12-13-26(32-17-22)28(29,30)31/h8-17,19-20H,3-7H2,1-2H3,(H,33,34)/t19-/m1/s1. The predicted octanol–water partition coefficient (Wildman–Crippen LogP) is 7.61. The molecule has 1 aliphatic carbocycles. The van der Waals surface area contributed by atoms with Crippen molar-refractivity contribution >= 4 is 5.91 Å². The molecule has 0 radical (unpaired) electrons. The first-order valence-corrected chi connectivity index (χ1v) is 11.8. The van der Waals surface area contributed by atoms with Gasteiger partial charge in [0.2, 0.25) is 0 Å². The Kier molecular flexibility index (Phi) is 7.05. The van der Waals surface area contributed by atoms with Crippen molar-refractivity contribution in [3.63, 3.8) is 0 Å². The van der Waals surface area contributed by atoms with Gasteiger partial charge < -0.3 is 5.32 Å². The fraction of sp³-hybridized carbons (Fsp3) is 0.357. The maximum Gasteiger partial charge on any atom is 0.433 e. The summed E-state index contributed by atoms with van der Waals surface area (Å²) in [4.78, 5) is 16.7. The molecule has 3 nitrogen and oxygen atoms in total. The summed E-state index contributed by atoms with van der Waals surface area (Å²) in [5, 5.41) is 2.93. The molecular weight excluding hydrogens is 437 g/mol. The lowest BCUT2D eigenvalue weighted by molar-refractivity contribution is -0.141. The molecule has 0 spiro atoms. The zero-order valence-electron chi connectivity index (χ0n) is 19.5. The van der Waals surface area contributed by atoms with Crippen LogP contribution in [0.4, 0.5) is 13.2 Å². The summed E-state index contributed by atoms with van der Waals surface area (Å²) in [6.07, 6.45) is 2.55. The molecule has 4 rings (SSSR count). The first-order valence-electron chi connectivity index (χ1n) is 11.8. The van der Waals surface area contributed by atoms with Crippen LogP contribution in [0, 0.1) is 6.92 Å². The van der Waals surface area contributed by atoms with E-state index >= 15 is 0 Å². The first-order chi connectivity index (χ1) is 16.2. The van der Waals surface area contributed by atoms with Crippen LogP contribution < -0.4 is 5.32 Å². The van der Waals surface area contributed by atoms with Gasteiger partial charge in [-0.3, -0.25) is 9.78 Å². The largest absolute Gasteiger partial charge is 0.433 e. The van der Waals surface area contributed by atoms with Crippen molar-refractivity contribution in [3.05, 3.63) is 88.7 Å². The average Bonchev–Trinajstić information content (AvgIpc) is 2.84. The highest BCUT2D eigenvalue weighted by Gasteiger charge is 2.32. The summed E-state index contributed by atoms with van der Waals surface area (Å²) in [5.74, 6) is 0.181. The van der Waals surface area contributed by atoms with E-state index in [1.54, 1.807) is 6.92 Å². The summed E-state index contributed by atoms with van der Waals surface area (Å²) in [7, 11) is 0. The quantitative estimate of drug-likeness (QED) is 0.420. The van der Waals surface area contributed by atoms with Crippen LogP contribution in [0.2, 0.25) is 0 Å². The van der Waals surface area contributed by atoms with Crippen LogP contribution in [0.3, 0.4) is 0 Å². The summed E-state index contributed by atoms with van der Waals surface area (Å²) >= 11 is 0. The van der Waals surface area contributed by atoms with E-state index in [-0.39, 0.29) is 5.91 Å². The third kappa shape index (κ3) is 5.66. The van der Waals surface area contributed by atoms with Crippen LogP contribution in [0.15, 0.2) is 60.8 Å². The van der Waals surface area contributed by atoms with Gasteiger partial charge in [-0.15, -0.1) is 0 Å². The molecule has 3 aromatic rings. The van der Waals surface area contributed by atoms with E-state index in [2.05, 4.69) is 40.6 Å². The minimum absolute atomic E-state index is 0.251. The first kappa shape index (κ1) is 24.0. The van der Waals surface area contributed by atoms with Crippen molar-refractivity contribution < 1.29 is 18.0 Å². The summed E-state index contributed by atoms with van der Waals surface area (Å²) < 4.78 is 38.4. The Labute approximate surface area is 198 Å².